The van der Waals surface area contributed by atoms with Gasteiger partial charge in [0.25, 0.3) is 0 Å². The molecule has 0 aliphatic heterocycles. The summed E-state index contributed by atoms with van der Waals surface area (Å²) in [4.78, 5) is 0. The molecule has 0 bridgehead atoms. The molecule has 0 saturated carbocycles. The number of rotatable bonds is 8. The summed E-state index contributed by atoms with van der Waals surface area (Å²) < 4.78 is 21.0. The minimum atomic E-state index is -3.32. The van der Waals surface area contributed by atoms with E-state index in [2.05, 4.69) is 0 Å². The van der Waals surface area contributed by atoms with E-state index in [9.17, 15) is 4.57 Å². The van der Waals surface area contributed by atoms with Gasteiger partial charge in [-0.05, 0) is 0 Å². The Bertz CT molecular complexity index is 149. The van der Waals surface area contributed by atoms with Gasteiger partial charge in [0.05, 0.1) is 39.2 Å². The zero-order chi connectivity index (χ0) is 10.2. The van der Waals surface area contributed by atoms with Gasteiger partial charge in [-0.25, -0.2) is 0 Å². The summed E-state index contributed by atoms with van der Waals surface area (Å²) in [5.74, 6) is 0. The molecule has 0 fully saturated rings. The highest BCUT2D eigenvalue weighted by Gasteiger charge is 2.23. The van der Waals surface area contributed by atoms with Crippen LogP contribution in [0.25, 0.3) is 0 Å². The standard InChI is InChI=1S/C6H15O6P/c7-1-4-11-13(10,6-3-9)12-5-2-8/h7-9H,1-6H2. The first-order valence-corrected chi connectivity index (χ1v) is 5.62. The van der Waals surface area contributed by atoms with Gasteiger partial charge in [-0.1, -0.05) is 0 Å². The van der Waals surface area contributed by atoms with Crippen LogP contribution in [0.15, 0.2) is 0 Å². The van der Waals surface area contributed by atoms with E-state index in [0.29, 0.717) is 0 Å². The topological polar surface area (TPSA) is 96.2 Å². The Labute approximate surface area is 76.6 Å². The van der Waals surface area contributed by atoms with E-state index in [0.717, 1.165) is 0 Å². The van der Waals surface area contributed by atoms with Crippen molar-refractivity contribution < 1.29 is 28.9 Å². The molecule has 6 nitrogen and oxygen atoms in total. The second-order valence-electron chi connectivity index (χ2n) is 2.17. The summed E-state index contributed by atoms with van der Waals surface area (Å²) in [6.45, 7) is -1.07. The van der Waals surface area contributed by atoms with E-state index < -0.39 is 7.60 Å². The second-order valence-corrected chi connectivity index (χ2v) is 4.36. The van der Waals surface area contributed by atoms with Gasteiger partial charge < -0.3 is 24.4 Å². The van der Waals surface area contributed by atoms with Crippen LogP contribution in [-0.4, -0.2) is 54.5 Å². The molecule has 3 N–H and O–H groups in total. The molecular weight excluding hydrogens is 199 g/mol. The Hall–Kier alpha value is 0.0300. The summed E-state index contributed by atoms with van der Waals surface area (Å²) >= 11 is 0. The van der Waals surface area contributed by atoms with Crippen molar-refractivity contribution in [1.29, 1.82) is 0 Å². The van der Waals surface area contributed by atoms with Crippen LogP contribution < -0.4 is 0 Å². The van der Waals surface area contributed by atoms with Crippen LogP contribution in [0.2, 0.25) is 0 Å². The van der Waals surface area contributed by atoms with Gasteiger partial charge in [-0.15, -0.1) is 0 Å². The smallest absolute Gasteiger partial charge is 0.333 e. The predicted molar refractivity (Wildman–Crippen MR) is 45.6 cm³/mol. The monoisotopic (exact) mass is 214 g/mol. The fourth-order valence-electron chi connectivity index (χ4n) is 0.649. The van der Waals surface area contributed by atoms with Crippen molar-refractivity contribution in [2.45, 2.75) is 0 Å². The Morgan fingerprint density at radius 2 is 1.38 bits per heavy atom. The first-order chi connectivity index (χ1) is 6.18. The summed E-state index contributed by atoms with van der Waals surface area (Å²) in [5.41, 5.74) is 0. The fourth-order valence-corrected chi connectivity index (χ4v) is 1.95. The molecule has 13 heavy (non-hydrogen) atoms. The third-order valence-corrected chi connectivity index (χ3v) is 3.03. The van der Waals surface area contributed by atoms with Crippen LogP contribution in [0, 0.1) is 0 Å². The van der Waals surface area contributed by atoms with Gasteiger partial charge in [0, 0.05) is 0 Å². The van der Waals surface area contributed by atoms with Gasteiger partial charge in [0.2, 0.25) is 0 Å². The number of hydrogen-bond acceptors (Lipinski definition) is 6. The molecule has 0 radical (unpaired) electrons. The average molecular weight is 214 g/mol. The fraction of sp³-hybridized carbons (Fsp3) is 1.00. The van der Waals surface area contributed by atoms with E-state index >= 15 is 0 Å². The Morgan fingerprint density at radius 3 is 1.69 bits per heavy atom. The molecule has 0 amide bonds. The normalized spacial score (nSPS) is 11.9. The van der Waals surface area contributed by atoms with Gasteiger partial charge >= 0.3 is 7.60 Å². The summed E-state index contributed by atoms with van der Waals surface area (Å²) in [5, 5.41) is 25.4. The highest BCUT2D eigenvalue weighted by Crippen LogP contribution is 2.47. The molecule has 0 spiro atoms. The molecule has 7 heteroatoms. The zero-order valence-electron chi connectivity index (χ0n) is 7.26. The molecule has 0 aromatic carbocycles. The van der Waals surface area contributed by atoms with Crippen LogP contribution in [0.1, 0.15) is 0 Å². The third kappa shape index (κ3) is 6.15. The highest BCUT2D eigenvalue weighted by atomic mass is 31.2. The van der Waals surface area contributed by atoms with Crippen molar-refractivity contribution in [2.75, 3.05) is 39.2 Å². The molecule has 80 valence electrons. The molecule has 0 aliphatic carbocycles. The number of hydrogen-bond donors (Lipinski definition) is 3. The first kappa shape index (κ1) is 13.0. The van der Waals surface area contributed by atoms with E-state index in [1.807, 2.05) is 0 Å². The molecule has 0 aromatic rings. The molecule has 0 aromatic heterocycles. The summed E-state index contributed by atoms with van der Waals surface area (Å²) in [7, 11) is -3.32. The minimum absolute atomic E-state index is 0.108. The van der Waals surface area contributed by atoms with Crippen LogP contribution >= 0.6 is 7.60 Å². The quantitative estimate of drug-likeness (QED) is 0.457. The highest BCUT2D eigenvalue weighted by molar-refractivity contribution is 7.53. The molecule has 0 rings (SSSR count). The van der Waals surface area contributed by atoms with Crippen LogP contribution in [-0.2, 0) is 13.6 Å². The van der Waals surface area contributed by atoms with Crippen LogP contribution in [0.4, 0.5) is 0 Å². The van der Waals surface area contributed by atoms with Gasteiger partial charge in [-0.2, -0.15) is 0 Å². The Morgan fingerprint density at radius 1 is 0.923 bits per heavy atom. The van der Waals surface area contributed by atoms with E-state index in [1.165, 1.54) is 0 Å². The maximum absolute atomic E-state index is 11.5. The maximum atomic E-state index is 11.5. The van der Waals surface area contributed by atoms with Crippen molar-refractivity contribution in [1.82, 2.24) is 0 Å². The van der Waals surface area contributed by atoms with Gasteiger partial charge in [-0.3, -0.25) is 4.57 Å². The largest absolute Gasteiger partial charge is 0.396 e. The van der Waals surface area contributed by atoms with Crippen molar-refractivity contribution in [3.8, 4) is 0 Å². The van der Waals surface area contributed by atoms with Crippen molar-refractivity contribution >= 4 is 7.60 Å². The van der Waals surface area contributed by atoms with E-state index in [4.69, 9.17) is 24.4 Å². The van der Waals surface area contributed by atoms with E-state index in [-0.39, 0.29) is 39.2 Å². The Balaban J connectivity index is 3.92. The van der Waals surface area contributed by atoms with Crippen LogP contribution in [0.3, 0.4) is 0 Å². The van der Waals surface area contributed by atoms with Crippen molar-refractivity contribution in [3.63, 3.8) is 0 Å². The lowest BCUT2D eigenvalue weighted by Crippen LogP contribution is -2.08. The SMILES string of the molecule is O=P(CCO)(OCCO)OCCO. The third-order valence-electron chi connectivity index (χ3n) is 1.13. The zero-order valence-corrected chi connectivity index (χ0v) is 8.15. The minimum Gasteiger partial charge on any atom is -0.396 e. The number of aliphatic hydroxyl groups is 3. The lowest BCUT2D eigenvalue weighted by Gasteiger charge is -2.16. The predicted octanol–water partition coefficient (Wildman–Crippen LogP) is -0.810. The van der Waals surface area contributed by atoms with Gasteiger partial charge in [0.1, 0.15) is 0 Å². The lowest BCUT2D eigenvalue weighted by molar-refractivity contribution is 0.138. The molecular formula is C6H15O6P. The maximum Gasteiger partial charge on any atom is 0.333 e. The molecule has 0 heterocycles. The van der Waals surface area contributed by atoms with Crippen LogP contribution in [0.5, 0.6) is 0 Å². The lowest BCUT2D eigenvalue weighted by atomic mass is 10.8. The van der Waals surface area contributed by atoms with E-state index in [1.54, 1.807) is 0 Å². The molecule has 0 saturated heterocycles. The van der Waals surface area contributed by atoms with Gasteiger partial charge in [0.15, 0.2) is 0 Å². The first-order valence-electron chi connectivity index (χ1n) is 3.89. The number of aliphatic hydroxyl groups excluding tert-OH is 3. The van der Waals surface area contributed by atoms with Crippen molar-refractivity contribution in [2.24, 2.45) is 0 Å². The van der Waals surface area contributed by atoms with Crippen molar-refractivity contribution in [3.05, 3.63) is 0 Å². The average Bonchev–Trinajstić information content (AvgIpc) is 2.12. The molecule has 0 unspecified atom stereocenters. The molecule has 0 aliphatic rings. The Kier molecular flexibility index (Phi) is 7.45. The second kappa shape index (κ2) is 7.44. The molecule has 0 atom stereocenters. The summed E-state index contributed by atoms with van der Waals surface area (Å²) in [6, 6.07) is 0. The summed E-state index contributed by atoms with van der Waals surface area (Å²) in [6.07, 6.45) is -0.132.